The van der Waals surface area contributed by atoms with Gasteiger partial charge in [0, 0.05) is 22.0 Å². The topological polar surface area (TPSA) is 38.9 Å². The molecule has 1 aromatic rings. The van der Waals surface area contributed by atoms with E-state index in [0.717, 1.165) is 15.9 Å². The summed E-state index contributed by atoms with van der Waals surface area (Å²) in [5, 5.41) is 1.54. The largest absolute Gasteiger partial charge is 0.328 e. The van der Waals surface area contributed by atoms with Crippen molar-refractivity contribution in [2.45, 2.75) is 36.6 Å². The number of pyridine rings is 1. The van der Waals surface area contributed by atoms with Crippen LogP contribution in [-0.2, 0) is 0 Å². The van der Waals surface area contributed by atoms with Crippen molar-refractivity contribution in [3.8, 4) is 0 Å². The minimum atomic E-state index is 0.250. The first-order valence-electron chi connectivity index (χ1n) is 4.62. The van der Waals surface area contributed by atoms with Gasteiger partial charge in [-0.15, -0.1) is 11.8 Å². The molecule has 1 heterocycles. The van der Waals surface area contributed by atoms with Crippen molar-refractivity contribution in [1.82, 2.24) is 4.98 Å². The second-order valence-corrected chi connectivity index (χ2v) is 5.71. The van der Waals surface area contributed by atoms with Crippen molar-refractivity contribution in [2.24, 2.45) is 5.73 Å². The normalized spacial score (nSPS) is 15.1. The Morgan fingerprint density at radius 3 is 2.86 bits per heavy atom. The molecule has 2 unspecified atom stereocenters. The fraction of sp³-hybridized carbons (Fsp3) is 0.500. The van der Waals surface area contributed by atoms with Gasteiger partial charge in [-0.1, -0.05) is 6.92 Å². The summed E-state index contributed by atoms with van der Waals surface area (Å²) in [7, 11) is 0. The molecule has 0 spiro atoms. The van der Waals surface area contributed by atoms with Gasteiger partial charge in [0.2, 0.25) is 0 Å². The van der Waals surface area contributed by atoms with Crippen molar-refractivity contribution < 1.29 is 0 Å². The van der Waals surface area contributed by atoms with Gasteiger partial charge in [0.15, 0.2) is 0 Å². The maximum absolute atomic E-state index is 5.74. The third-order valence-corrected chi connectivity index (χ3v) is 3.79. The second kappa shape index (κ2) is 5.73. The van der Waals surface area contributed by atoms with E-state index in [-0.39, 0.29) is 6.04 Å². The highest BCUT2D eigenvalue weighted by atomic mass is 79.9. The van der Waals surface area contributed by atoms with E-state index in [1.165, 1.54) is 0 Å². The fourth-order valence-corrected chi connectivity index (χ4v) is 2.84. The third kappa shape index (κ3) is 3.98. The number of thioether (sulfide) groups is 1. The van der Waals surface area contributed by atoms with E-state index in [0.29, 0.717) is 5.25 Å². The first-order chi connectivity index (χ1) is 6.59. The molecule has 0 saturated heterocycles. The Hall–Kier alpha value is -0.0600. The van der Waals surface area contributed by atoms with Crippen molar-refractivity contribution in [1.29, 1.82) is 0 Å². The molecule has 1 aromatic heterocycles. The highest BCUT2D eigenvalue weighted by molar-refractivity contribution is 9.10. The SMILES string of the molecule is CC(N)CC(C)Sc1ncccc1Br. The van der Waals surface area contributed by atoms with Crippen molar-refractivity contribution >= 4 is 27.7 Å². The maximum atomic E-state index is 5.74. The summed E-state index contributed by atoms with van der Waals surface area (Å²) in [6.07, 6.45) is 2.82. The lowest BCUT2D eigenvalue weighted by atomic mass is 10.2. The quantitative estimate of drug-likeness (QED) is 0.858. The van der Waals surface area contributed by atoms with Gasteiger partial charge in [0.05, 0.1) is 0 Å². The van der Waals surface area contributed by atoms with Crippen LogP contribution in [0.5, 0.6) is 0 Å². The Labute approximate surface area is 97.8 Å². The van der Waals surface area contributed by atoms with Crippen molar-refractivity contribution in [3.63, 3.8) is 0 Å². The van der Waals surface area contributed by atoms with Crippen LogP contribution in [0.15, 0.2) is 27.8 Å². The first kappa shape index (κ1) is 12.0. The van der Waals surface area contributed by atoms with E-state index in [9.17, 15) is 0 Å². The summed E-state index contributed by atoms with van der Waals surface area (Å²) in [6.45, 7) is 4.21. The number of nitrogens with zero attached hydrogens (tertiary/aromatic N) is 1. The van der Waals surface area contributed by atoms with Gasteiger partial charge in [-0.3, -0.25) is 0 Å². The van der Waals surface area contributed by atoms with Crippen LogP contribution in [0, 0.1) is 0 Å². The number of hydrogen-bond donors (Lipinski definition) is 1. The minimum Gasteiger partial charge on any atom is -0.328 e. The molecular weight excluding hydrogens is 260 g/mol. The zero-order valence-electron chi connectivity index (χ0n) is 8.40. The Kier molecular flexibility index (Phi) is 4.92. The fourth-order valence-electron chi connectivity index (χ4n) is 1.22. The number of hydrogen-bond acceptors (Lipinski definition) is 3. The monoisotopic (exact) mass is 274 g/mol. The molecule has 4 heteroatoms. The van der Waals surface area contributed by atoms with Gasteiger partial charge in [-0.25, -0.2) is 4.98 Å². The van der Waals surface area contributed by atoms with E-state index in [2.05, 4.69) is 27.8 Å². The maximum Gasteiger partial charge on any atom is 0.110 e. The van der Waals surface area contributed by atoms with Crippen molar-refractivity contribution in [3.05, 3.63) is 22.8 Å². The molecule has 2 N–H and O–H groups in total. The van der Waals surface area contributed by atoms with Crippen LogP contribution in [0.1, 0.15) is 20.3 Å². The molecule has 0 aliphatic heterocycles. The number of rotatable bonds is 4. The molecule has 0 fully saturated rings. The molecule has 0 radical (unpaired) electrons. The van der Waals surface area contributed by atoms with E-state index in [1.807, 2.05) is 25.3 Å². The van der Waals surface area contributed by atoms with Crippen LogP contribution >= 0.6 is 27.7 Å². The van der Waals surface area contributed by atoms with E-state index < -0.39 is 0 Å². The van der Waals surface area contributed by atoms with E-state index in [1.54, 1.807) is 11.8 Å². The van der Waals surface area contributed by atoms with Gasteiger partial charge in [-0.05, 0) is 41.4 Å². The molecule has 2 nitrogen and oxygen atoms in total. The predicted molar refractivity (Wildman–Crippen MR) is 65.5 cm³/mol. The summed E-state index contributed by atoms with van der Waals surface area (Å²) in [4.78, 5) is 4.30. The predicted octanol–water partition coefficient (Wildman–Crippen LogP) is 3.06. The van der Waals surface area contributed by atoms with Crippen LogP contribution in [0.25, 0.3) is 0 Å². The Morgan fingerprint density at radius 2 is 2.29 bits per heavy atom. The Bertz CT molecular complexity index is 291. The second-order valence-electron chi connectivity index (χ2n) is 3.43. The molecule has 2 atom stereocenters. The molecular formula is C10H15BrN2S. The lowest BCUT2D eigenvalue weighted by molar-refractivity contribution is 0.662. The minimum absolute atomic E-state index is 0.250. The first-order valence-corrected chi connectivity index (χ1v) is 6.29. The molecule has 14 heavy (non-hydrogen) atoms. The molecule has 1 rings (SSSR count). The Morgan fingerprint density at radius 1 is 1.57 bits per heavy atom. The average Bonchev–Trinajstić information content (AvgIpc) is 2.07. The molecule has 0 aliphatic carbocycles. The zero-order valence-corrected chi connectivity index (χ0v) is 10.8. The summed E-state index contributed by atoms with van der Waals surface area (Å²) >= 11 is 5.24. The van der Waals surface area contributed by atoms with Gasteiger partial charge < -0.3 is 5.73 Å². The van der Waals surface area contributed by atoms with Gasteiger partial charge in [0.25, 0.3) is 0 Å². The molecule has 0 aromatic carbocycles. The number of halogens is 1. The standard InChI is InChI=1S/C10H15BrN2S/c1-7(12)6-8(2)14-10-9(11)4-3-5-13-10/h3-5,7-8H,6,12H2,1-2H3. The van der Waals surface area contributed by atoms with E-state index in [4.69, 9.17) is 5.73 Å². The summed E-state index contributed by atoms with van der Waals surface area (Å²) in [5.74, 6) is 0. The third-order valence-electron chi connectivity index (χ3n) is 1.74. The average molecular weight is 275 g/mol. The number of aromatic nitrogens is 1. The van der Waals surface area contributed by atoms with Crippen molar-refractivity contribution in [2.75, 3.05) is 0 Å². The Balaban J connectivity index is 2.56. The lowest BCUT2D eigenvalue weighted by Crippen LogP contribution is -2.19. The van der Waals surface area contributed by atoms with E-state index >= 15 is 0 Å². The molecule has 0 bridgehead atoms. The van der Waals surface area contributed by atoms with Crippen LogP contribution in [0.3, 0.4) is 0 Å². The summed E-state index contributed by atoms with van der Waals surface area (Å²) in [6, 6.07) is 4.18. The smallest absolute Gasteiger partial charge is 0.110 e. The highest BCUT2D eigenvalue weighted by Crippen LogP contribution is 2.29. The number of nitrogens with two attached hydrogens (primary N) is 1. The van der Waals surface area contributed by atoms with Crippen LogP contribution in [0.2, 0.25) is 0 Å². The molecule has 0 saturated carbocycles. The van der Waals surface area contributed by atoms with Crippen LogP contribution < -0.4 is 5.73 Å². The molecule has 0 aliphatic rings. The lowest BCUT2D eigenvalue weighted by Gasteiger charge is -2.13. The van der Waals surface area contributed by atoms with Crippen LogP contribution in [-0.4, -0.2) is 16.3 Å². The van der Waals surface area contributed by atoms with Gasteiger partial charge in [0.1, 0.15) is 5.03 Å². The van der Waals surface area contributed by atoms with Gasteiger partial charge in [-0.2, -0.15) is 0 Å². The summed E-state index contributed by atoms with van der Waals surface area (Å²) < 4.78 is 1.06. The molecule has 0 amide bonds. The van der Waals surface area contributed by atoms with Gasteiger partial charge >= 0.3 is 0 Å². The summed E-state index contributed by atoms with van der Waals surface area (Å²) in [5.41, 5.74) is 5.74. The highest BCUT2D eigenvalue weighted by Gasteiger charge is 2.09. The molecule has 78 valence electrons. The van der Waals surface area contributed by atoms with Crippen LogP contribution in [0.4, 0.5) is 0 Å². The zero-order chi connectivity index (χ0) is 10.6.